The van der Waals surface area contributed by atoms with E-state index in [1.165, 1.54) is 0 Å². The normalized spacial score (nSPS) is 21.5. The fraction of sp³-hybridized carbons (Fsp3) is 0.400. The Morgan fingerprint density at radius 2 is 2.43 bits per heavy atom. The van der Waals surface area contributed by atoms with E-state index in [1.54, 1.807) is 18.0 Å². The molecule has 4 heteroatoms. The Bertz CT molecular complexity index is 356. The molecule has 0 spiro atoms. The molecule has 0 aromatic carbocycles. The lowest BCUT2D eigenvalue weighted by molar-refractivity contribution is -0.119. The number of ketones is 1. The minimum atomic E-state index is 0.205. The van der Waals surface area contributed by atoms with Gasteiger partial charge in [-0.1, -0.05) is 0 Å². The number of Topliss-reactive ketones (excluding diaryl/α,β-unsaturated/α-hetero) is 1. The summed E-state index contributed by atoms with van der Waals surface area (Å²) in [6, 6.07) is 2.03. The fourth-order valence-corrected chi connectivity index (χ4v) is 3.09. The molecule has 2 nitrogen and oxygen atoms in total. The van der Waals surface area contributed by atoms with E-state index in [9.17, 15) is 4.79 Å². The summed E-state index contributed by atoms with van der Waals surface area (Å²) in [5.41, 5.74) is 1.14. The van der Waals surface area contributed by atoms with E-state index < -0.39 is 0 Å². The second-order valence-electron chi connectivity index (χ2n) is 3.39. The highest BCUT2D eigenvalue weighted by Gasteiger charge is 2.24. The van der Waals surface area contributed by atoms with E-state index >= 15 is 0 Å². The van der Waals surface area contributed by atoms with Gasteiger partial charge in [0.25, 0.3) is 0 Å². The minimum Gasteiger partial charge on any atom is -0.298 e. The summed E-state index contributed by atoms with van der Waals surface area (Å²) in [7, 11) is 0. The highest BCUT2D eigenvalue weighted by Crippen LogP contribution is 2.24. The maximum Gasteiger partial charge on any atom is 0.146 e. The Hall–Kier alpha value is -0.350. The standard InChI is InChI=1S/C10H10BrNOS/c11-9-2-7(3-12-4-9)1-8-5-14-6-10(8)13/h2-4,8H,1,5-6H2. The molecule has 14 heavy (non-hydrogen) atoms. The first-order valence-electron chi connectivity index (χ1n) is 4.45. The van der Waals surface area contributed by atoms with Gasteiger partial charge in [-0.2, -0.15) is 11.8 Å². The molecule has 2 rings (SSSR count). The molecule has 1 fully saturated rings. The number of pyridine rings is 1. The van der Waals surface area contributed by atoms with Crippen molar-refractivity contribution < 1.29 is 4.79 Å². The van der Waals surface area contributed by atoms with Gasteiger partial charge >= 0.3 is 0 Å². The molecule has 74 valence electrons. The van der Waals surface area contributed by atoms with Crippen molar-refractivity contribution in [3.8, 4) is 0 Å². The van der Waals surface area contributed by atoms with Gasteiger partial charge in [0, 0.05) is 28.5 Å². The summed E-state index contributed by atoms with van der Waals surface area (Å²) in [6.07, 6.45) is 4.42. The zero-order valence-electron chi connectivity index (χ0n) is 7.57. The summed E-state index contributed by atoms with van der Waals surface area (Å²) in [6.45, 7) is 0. The van der Waals surface area contributed by atoms with Crippen LogP contribution < -0.4 is 0 Å². The Morgan fingerprint density at radius 3 is 3.07 bits per heavy atom. The van der Waals surface area contributed by atoms with E-state index in [4.69, 9.17) is 0 Å². The molecule has 0 aliphatic carbocycles. The van der Waals surface area contributed by atoms with Crippen LogP contribution >= 0.6 is 27.7 Å². The molecular formula is C10H10BrNOS. The van der Waals surface area contributed by atoms with Crippen LogP contribution in [0.3, 0.4) is 0 Å². The monoisotopic (exact) mass is 271 g/mol. The number of thioether (sulfide) groups is 1. The molecule has 0 saturated carbocycles. The smallest absolute Gasteiger partial charge is 0.146 e. The van der Waals surface area contributed by atoms with Crippen molar-refractivity contribution in [2.45, 2.75) is 6.42 Å². The number of carbonyl (C=O) groups is 1. The Kier molecular flexibility index (Phi) is 3.23. The van der Waals surface area contributed by atoms with Crippen LogP contribution in [0, 0.1) is 5.92 Å². The van der Waals surface area contributed by atoms with E-state index in [1.807, 2.05) is 12.3 Å². The van der Waals surface area contributed by atoms with Gasteiger partial charge in [-0.05, 0) is 34.0 Å². The highest BCUT2D eigenvalue weighted by molar-refractivity contribution is 9.10. The van der Waals surface area contributed by atoms with Crippen molar-refractivity contribution in [1.82, 2.24) is 4.98 Å². The number of nitrogens with zero attached hydrogens (tertiary/aromatic N) is 1. The average Bonchev–Trinajstić information content (AvgIpc) is 2.52. The third-order valence-corrected chi connectivity index (χ3v) is 3.82. The topological polar surface area (TPSA) is 30.0 Å². The second-order valence-corrected chi connectivity index (χ2v) is 5.34. The summed E-state index contributed by atoms with van der Waals surface area (Å²) < 4.78 is 0.980. The number of halogens is 1. The van der Waals surface area contributed by atoms with Crippen molar-refractivity contribution >= 4 is 33.5 Å². The molecule has 1 aliphatic heterocycles. The Morgan fingerprint density at radius 1 is 1.57 bits per heavy atom. The number of rotatable bonds is 2. The molecule has 0 N–H and O–H groups in total. The molecule has 0 radical (unpaired) electrons. The molecule has 0 bridgehead atoms. The van der Waals surface area contributed by atoms with Crippen LogP contribution in [0.2, 0.25) is 0 Å². The van der Waals surface area contributed by atoms with E-state index in [0.717, 1.165) is 22.2 Å². The number of hydrogen-bond acceptors (Lipinski definition) is 3. The first kappa shape index (κ1) is 10.2. The van der Waals surface area contributed by atoms with Crippen LogP contribution in [0.25, 0.3) is 0 Å². The van der Waals surface area contributed by atoms with E-state index in [-0.39, 0.29) is 5.92 Å². The quantitative estimate of drug-likeness (QED) is 0.827. The van der Waals surface area contributed by atoms with Crippen LogP contribution in [0.5, 0.6) is 0 Å². The summed E-state index contributed by atoms with van der Waals surface area (Å²) in [5.74, 6) is 2.24. The van der Waals surface area contributed by atoms with Crippen LogP contribution in [-0.2, 0) is 11.2 Å². The van der Waals surface area contributed by atoms with Crippen LogP contribution in [0.4, 0.5) is 0 Å². The van der Waals surface area contributed by atoms with Crippen LogP contribution in [0.15, 0.2) is 22.9 Å². The molecule has 1 aliphatic rings. The first-order chi connectivity index (χ1) is 6.75. The van der Waals surface area contributed by atoms with Gasteiger partial charge in [0.15, 0.2) is 0 Å². The molecule has 1 aromatic heterocycles. The van der Waals surface area contributed by atoms with Crippen LogP contribution in [0.1, 0.15) is 5.56 Å². The van der Waals surface area contributed by atoms with E-state index in [2.05, 4.69) is 20.9 Å². The molecule has 1 unspecified atom stereocenters. The zero-order valence-corrected chi connectivity index (χ0v) is 9.97. The van der Waals surface area contributed by atoms with Gasteiger partial charge in [-0.25, -0.2) is 0 Å². The molecule has 2 heterocycles. The van der Waals surface area contributed by atoms with Crippen LogP contribution in [-0.4, -0.2) is 22.3 Å². The molecule has 1 aromatic rings. The molecular weight excluding hydrogens is 262 g/mol. The lowest BCUT2D eigenvalue weighted by Gasteiger charge is -2.06. The maximum atomic E-state index is 11.4. The molecule has 1 atom stereocenters. The largest absolute Gasteiger partial charge is 0.298 e. The van der Waals surface area contributed by atoms with Crippen molar-refractivity contribution in [1.29, 1.82) is 0 Å². The van der Waals surface area contributed by atoms with Gasteiger partial charge in [-0.3, -0.25) is 9.78 Å². The fourth-order valence-electron chi connectivity index (χ4n) is 1.54. The SMILES string of the molecule is O=C1CSCC1Cc1cncc(Br)c1. The third kappa shape index (κ3) is 2.36. The van der Waals surface area contributed by atoms with E-state index in [0.29, 0.717) is 11.5 Å². The Balaban J connectivity index is 2.07. The summed E-state index contributed by atoms with van der Waals surface area (Å²) in [5, 5.41) is 0. The first-order valence-corrected chi connectivity index (χ1v) is 6.40. The summed E-state index contributed by atoms with van der Waals surface area (Å²) >= 11 is 5.11. The summed E-state index contributed by atoms with van der Waals surface area (Å²) in [4.78, 5) is 15.5. The Labute approximate surface area is 95.6 Å². The number of hydrogen-bond donors (Lipinski definition) is 0. The van der Waals surface area contributed by atoms with Crippen molar-refractivity contribution in [3.63, 3.8) is 0 Å². The highest BCUT2D eigenvalue weighted by atomic mass is 79.9. The van der Waals surface area contributed by atoms with Gasteiger partial charge in [0.1, 0.15) is 5.78 Å². The lowest BCUT2D eigenvalue weighted by atomic mass is 9.99. The van der Waals surface area contributed by atoms with Gasteiger partial charge in [0.05, 0.1) is 5.75 Å². The number of aromatic nitrogens is 1. The van der Waals surface area contributed by atoms with Gasteiger partial charge in [-0.15, -0.1) is 0 Å². The molecule has 0 amide bonds. The number of carbonyl (C=O) groups excluding carboxylic acids is 1. The minimum absolute atomic E-state index is 0.205. The van der Waals surface area contributed by atoms with Crippen molar-refractivity contribution in [2.75, 3.05) is 11.5 Å². The maximum absolute atomic E-state index is 11.4. The predicted octanol–water partition coefficient (Wildman–Crippen LogP) is 2.32. The van der Waals surface area contributed by atoms with Crippen molar-refractivity contribution in [3.05, 3.63) is 28.5 Å². The van der Waals surface area contributed by atoms with Gasteiger partial charge in [0.2, 0.25) is 0 Å². The van der Waals surface area contributed by atoms with Gasteiger partial charge < -0.3 is 0 Å². The predicted molar refractivity (Wildman–Crippen MR) is 61.5 cm³/mol. The molecule has 1 saturated heterocycles. The second kappa shape index (κ2) is 4.45. The lowest BCUT2D eigenvalue weighted by Crippen LogP contribution is -2.14. The van der Waals surface area contributed by atoms with Crippen molar-refractivity contribution in [2.24, 2.45) is 5.92 Å². The zero-order chi connectivity index (χ0) is 9.97. The third-order valence-electron chi connectivity index (χ3n) is 2.26. The average molecular weight is 272 g/mol.